The van der Waals surface area contributed by atoms with E-state index in [1.807, 2.05) is 60.7 Å². The molecular formula is C18H16N2O. The molecule has 0 atom stereocenters. The van der Waals surface area contributed by atoms with E-state index < -0.39 is 0 Å². The van der Waals surface area contributed by atoms with Gasteiger partial charge in [0, 0.05) is 18.2 Å². The monoisotopic (exact) mass is 276 g/mol. The van der Waals surface area contributed by atoms with Gasteiger partial charge in [0.15, 0.2) is 0 Å². The number of hydrogen-bond acceptors (Lipinski definition) is 1. The van der Waals surface area contributed by atoms with E-state index in [1.54, 1.807) is 0 Å². The van der Waals surface area contributed by atoms with Gasteiger partial charge in [-0.3, -0.25) is 4.79 Å². The van der Waals surface area contributed by atoms with Crippen molar-refractivity contribution in [1.82, 2.24) is 4.98 Å². The van der Waals surface area contributed by atoms with Crippen LogP contribution in [0.15, 0.2) is 66.7 Å². The fraction of sp³-hybridized carbons (Fsp3) is 0.0556. The third kappa shape index (κ3) is 2.87. The fourth-order valence-corrected chi connectivity index (χ4v) is 2.35. The van der Waals surface area contributed by atoms with E-state index >= 15 is 0 Å². The molecule has 2 N–H and O–H groups in total. The van der Waals surface area contributed by atoms with Crippen LogP contribution in [0.2, 0.25) is 0 Å². The SMILES string of the molecule is CC(=O)Nc1[nH]c(-c2ccccc2)cc1-c1ccccc1. The van der Waals surface area contributed by atoms with Crippen molar-refractivity contribution in [2.75, 3.05) is 5.32 Å². The van der Waals surface area contributed by atoms with Crippen LogP contribution in [0, 0.1) is 0 Å². The number of nitrogens with one attached hydrogen (secondary N) is 2. The van der Waals surface area contributed by atoms with Gasteiger partial charge < -0.3 is 10.3 Å². The number of carbonyl (C=O) groups excluding carboxylic acids is 1. The lowest BCUT2D eigenvalue weighted by atomic mass is 10.1. The van der Waals surface area contributed by atoms with Gasteiger partial charge in [-0.15, -0.1) is 0 Å². The average molecular weight is 276 g/mol. The Balaban J connectivity index is 2.10. The summed E-state index contributed by atoms with van der Waals surface area (Å²) < 4.78 is 0. The zero-order valence-corrected chi connectivity index (χ0v) is 11.8. The minimum atomic E-state index is -0.0892. The molecule has 0 bridgehead atoms. The second-order valence-corrected chi connectivity index (χ2v) is 4.88. The smallest absolute Gasteiger partial charge is 0.222 e. The highest BCUT2D eigenvalue weighted by molar-refractivity contribution is 5.94. The molecule has 21 heavy (non-hydrogen) atoms. The van der Waals surface area contributed by atoms with Gasteiger partial charge in [0.1, 0.15) is 5.82 Å². The number of aromatic amines is 1. The summed E-state index contributed by atoms with van der Waals surface area (Å²) in [5, 5.41) is 2.87. The Hall–Kier alpha value is -2.81. The van der Waals surface area contributed by atoms with Gasteiger partial charge in [-0.05, 0) is 17.2 Å². The average Bonchev–Trinajstić information content (AvgIpc) is 2.92. The molecule has 3 heteroatoms. The van der Waals surface area contributed by atoms with Crippen molar-refractivity contribution in [3.05, 3.63) is 66.7 Å². The first-order valence-electron chi connectivity index (χ1n) is 6.85. The van der Waals surface area contributed by atoms with Crippen molar-refractivity contribution in [1.29, 1.82) is 0 Å². The highest BCUT2D eigenvalue weighted by atomic mass is 16.1. The maximum absolute atomic E-state index is 11.4. The molecule has 0 saturated heterocycles. The Morgan fingerprint density at radius 1 is 0.905 bits per heavy atom. The summed E-state index contributed by atoms with van der Waals surface area (Å²) in [6, 6.07) is 22.1. The van der Waals surface area contributed by atoms with Gasteiger partial charge in [-0.2, -0.15) is 0 Å². The van der Waals surface area contributed by atoms with Crippen LogP contribution in [0.25, 0.3) is 22.4 Å². The molecule has 3 rings (SSSR count). The molecular weight excluding hydrogens is 260 g/mol. The van der Waals surface area contributed by atoms with Gasteiger partial charge in [-0.1, -0.05) is 60.7 Å². The van der Waals surface area contributed by atoms with Crippen LogP contribution >= 0.6 is 0 Å². The number of H-pyrrole nitrogens is 1. The number of hydrogen-bond donors (Lipinski definition) is 2. The van der Waals surface area contributed by atoms with Gasteiger partial charge in [0.2, 0.25) is 5.91 Å². The van der Waals surface area contributed by atoms with Crippen molar-refractivity contribution in [2.45, 2.75) is 6.92 Å². The standard InChI is InChI=1S/C18H16N2O/c1-13(21)19-18-16(14-8-4-2-5-9-14)12-17(20-18)15-10-6-3-7-11-15/h2-12,20H,1H3,(H,19,21). The number of benzene rings is 2. The minimum Gasteiger partial charge on any atom is -0.341 e. The van der Waals surface area contributed by atoms with Crippen LogP contribution < -0.4 is 5.32 Å². The lowest BCUT2D eigenvalue weighted by Gasteiger charge is -2.04. The summed E-state index contributed by atoms with van der Waals surface area (Å²) in [5.41, 5.74) is 4.13. The highest BCUT2D eigenvalue weighted by Crippen LogP contribution is 2.32. The topological polar surface area (TPSA) is 44.9 Å². The zero-order chi connectivity index (χ0) is 14.7. The normalized spacial score (nSPS) is 10.3. The van der Waals surface area contributed by atoms with Gasteiger partial charge in [0.05, 0.1) is 0 Å². The van der Waals surface area contributed by atoms with Gasteiger partial charge in [-0.25, -0.2) is 0 Å². The van der Waals surface area contributed by atoms with Gasteiger partial charge in [0.25, 0.3) is 0 Å². The molecule has 0 unspecified atom stereocenters. The summed E-state index contributed by atoms with van der Waals surface area (Å²) in [6.07, 6.45) is 0. The van der Waals surface area contributed by atoms with Crippen LogP contribution in [-0.4, -0.2) is 10.9 Å². The van der Waals surface area contributed by atoms with Crippen molar-refractivity contribution in [3.63, 3.8) is 0 Å². The molecule has 104 valence electrons. The third-order valence-corrected chi connectivity index (χ3v) is 3.29. The van der Waals surface area contributed by atoms with E-state index in [0.717, 1.165) is 28.2 Å². The Kier molecular flexibility index (Phi) is 3.56. The van der Waals surface area contributed by atoms with Crippen molar-refractivity contribution in [3.8, 4) is 22.4 Å². The molecule has 0 saturated carbocycles. The van der Waals surface area contributed by atoms with Crippen molar-refractivity contribution < 1.29 is 4.79 Å². The molecule has 3 nitrogen and oxygen atoms in total. The Labute approximate surface area is 123 Å². The molecule has 0 aliphatic heterocycles. The summed E-state index contributed by atoms with van der Waals surface area (Å²) in [7, 11) is 0. The van der Waals surface area contributed by atoms with E-state index in [1.165, 1.54) is 6.92 Å². The second-order valence-electron chi connectivity index (χ2n) is 4.88. The molecule has 0 aliphatic carbocycles. The van der Waals surface area contributed by atoms with Crippen LogP contribution in [0.4, 0.5) is 5.82 Å². The van der Waals surface area contributed by atoms with Crippen molar-refractivity contribution >= 4 is 11.7 Å². The minimum absolute atomic E-state index is 0.0892. The quantitative estimate of drug-likeness (QED) is 0.735. The summed E-state index contributed by atoms with van der Waals surface area (Å²) in [5.74, 6) is 0.640. The number of aromatic nitrogens is 1. The predicted octanol–water partition coefficient (Wildman–Crippen LogP) is 4.31. The molecule has 0 fully saturated rings. The van der Waals surface area contributed by atoms with Crippen LogP contribution in [0.5, 0.6) is 0 Å². The lowest BCUT2D eigenvalue weighted by molar-refractivity contribution is -0.114. The number of amides is 1. The lowest BCUT2D eigenvalue weighted by Crippen LogP contribution is -2.06. The van der Waals surface area contributed by atoms with E-state index in [0.29, 0.717) is 0 Å². The molecule has 2 aromatic carbocycles. The van der Waals surface area contributed by atoms with Crippen LogP contribution in [-0.2, 0) is 4.79 Å². The van der Waals surface area contributed by atoms with Crippen LogP contribution in [0.3, 0.4) is 0 Å². The molecule has 1 amide bonds. The van der Waals surface area contributed by atoms with E-state index in [9.17, 15) is 4.79 Å². The number of rotatable bonds is 3. The molecule has 0 aliphatic rings. The Morgan fingerprint density at radius 2 is 1.48 bits per heavy atom. The van der Waals surface area contributed by atoms with E-state index in [2.05, 4.69) is 16.4 Å². The number of anilines is 1. The molecule has 1 aromatic heterocycles. The summed E-state index contributed by atoms with van der Waals surface area (Å²) in [6.45, 7) is 1.51. The molecule has 0 spiro atoms. The Morgan fingerprint density at radius 3 is 2.05 bits per heavy atom. The summed E-state index contributed by atoms with van der Waals surface area (Å²) >= 11 is 0. The fourth-order valence-electron chi connectivity index (χ4n) is 2.35. The first-order valence-corrected chi connectivity index (χ1v) is 6.85. The van der Waals surface area contributed by atoms with Gasteiger partial charge >= 0.3 is 0 Å². The Bertz CT molecular complexity index is 745. The maximum Gasteiger partial charge on any atom is 0.222 e. The predicted molar refractivity (Wildman–Crippen MR) is 86.0 cm³/mol. The van der Waals surface area contributed by atoms with Crippen LogP contribution in [0.1, 0.15) is 6.92 Å². The number of carbonyl (C=O) groups is 1. The third-order valence-electron chi connectivity index (χ3n) is 3.29. The first-order chi connectivity index (χ1) is 10.2. The van der Waals surface area contributed by atoms with Crippen molar-refractivity contribution in [2.24, 2.45) is 0 Å². The second kappa shape index (κ2) is 5.67. The van der Waals surface area contributed by atoms with E-state index in [-0.39, 0.29) is 5.91 Å². The largest absolute Gasteiger partial charge is 0.341 e. The van der Waals surface area contributed by atoms with E-state index in [4.69, 9.17) is 0 Å². The summed E-state index contributed by atoms with van der Waals surface area (Å²) in [4.78, 5) is 14.7. The molecule has 3 aromatic rings. The highest BCUT2D eigenvalue weighted by Gasteiger charge is 2.12. The molecule has 1 heterocycles. The first kappa shape index (κ1) is 13.2. The molecule has 0 radical (unpaired) electrons. The zero-order valence-electron chi connectivity index (χ0n) is 11.8. The maximum atomic E-state index is 11.4.